The third kappa shape index (κ3) is 3.70. The zero-order valence-electron chi connectivity index (χ0n) is 12.0. The average molecular weight is 264 g/mol. The van der Waals surface area contributed by atoms with Crippen molar-refractivity contribution in [1.29, 1.82) is 0 Å². The first kappa shape index (κ1) is 15.5. The van der Waals surface area contributed by atoms with Crippen LogP contribution in [0.1, 0.15) is 44.0 Å². The van der Waals surface area contributed by atoms with Crippen molar-refractivity contribution < 1.29 is 9.90 Å². The molecule has 0 bridgehead atoms. The van der Waals surface area contributed by atoms with Gasteiger partial charge in [0.2, 0.25) is 0 Å². The van der Waals surface area contributed by atoms with E-state index in [1.807, 2.05) is 6.07 Å². The molecule has 0 atom stereocenters. The lowest BCUT2D eigenvalue weighted by Gasteiger charge is -2.30. The molecule has 19 heavy (non-hydrogen) atoms. The van der Waals surface area contributed by atoms with Gasteiger partial charge in [-0.3, -0.25) is 4.79 Å². The molecule has 106 valence electrons. The zero-order valence-corrected chi connectivity index (χ0v) is 12.0. The minimum Gasteiger partial charge on any atom is -0.398 e. The molecule has 0 heterocycles. The van der Waals surface area contributed by atoms with Crippen molar-refractivity contribution in [2.75, 3.05) is 24.2 Å². The lowest BCUT2D eigenvalue weighted by Crippen LogP contribution is -2.32. The van der Waals surface area contributed by atoms with E-state index in [0.717, 1.165) is 18.5 Å². The van der Waals surface area contributed by atoms with Gasteiger partial charge in [0, 0.05) is 28.9 Å². The lowest BCUT2D eigenvalue weighted by atomic mass is 9.83. The van der Waals surface area contributed by atoms with E-state index in [2.05, 4.69) is 19.2 Å². The van der Waals surface area contributed by atoms with Gasteiger partial charge in [0.1, 0.15) is 0 Å². The van der Waals surface area contributed by atoms with E-state index < -0.39 is 0 Å². The van der Waals surface area contributed by atoms with E-state index in [1.165, 1.54) is 6.92 Å². The fourth-order valence-corrected chi connectivity index (χ4v) is 2.06. The van der Waals surface area contributed by atoms with Gasteiger partial charge in [0.15, 0.2) is 5.78 Å². The topological polar surface area (TPSA) is 75.3 Å². The highest BCUT2D eigenvalue weighted by molar-refractivity contribution is 5.99. The molecule has 0 amide bonds. The SMILES string of the molecule is CCC(CC)(CO)CNc1ccc(C(C)=O)c(N)c1. The fourth-order valence-electron chi connectivity index (χ4n) is 2.06. The third-order valence-corrected chi connectivity index (χ3v) is 3.93. The Labute approximate surface area is 115 Å². The van der Waals surface area contributed by atoms with Crippen molar-refractivity contribution in [3.05, 3.63) is 23.8 Å². The Morgan fingerprint density at radius 1 is 1.37 bits per heavy atom. The van der Waals surface area contributed by atoms with Crippen LogP contribution in [0.3, 0.4) is 0 Å². The van der Waals surface area contributed by atoms with E-state index in [0.29, 0.717) is 17.8 Å². The van der Waals surface area contributed by atoms with Crippen LogP contribution in [-0.2, 0) is 0 Å². The van der Waals surface area contributed by atoms with Gasteiger partial charge in [-0.1, -0.05) is 13.8 Å². The highest BCUT2D eigenvalue weighted by Gasteiger charge is 2.24. The van der Waals surface area contributed by atoms with Crippen molar-refractivity contribution in [3.8, 4) is 0 Å². The monoisotopic (exact) mass is 264 g/mol. The number of aliphatic hydroxyl groups is 1. The Morgan fingerprint density at radius 2 is 2.00 bits per heavy atom. The maximum absolute atomic E-state index is 11.3. The van der Waals surface area contributed by atoms with Crippen molar-refractivity contribution in [1.82, 2.24) is 0 Å². The summed E-state index contributed by atoms with van der Waals surface area (Å²) in [5.74, 6) is -0.0316. The zero-order chi connectivity index (χ0) is 14.5. The van der Waals surface area contributed by atoms with Gasteiger partial charge >= 0.3 is 0 Å². The van der Waals surface area contributed by atoms with Gasteiger partial charge in [0.05, 0.1) is 6.61 Å². The number of aliphatic hydroxyl groups excluding tert-OH is 1. The highest BCUT2D eigenvalue weighted by Crippen LogP contribution is 2.27. The Balaban J connectivity index is 2.78. The number of Topliss-reactive ketones (excluding diaryl/α,β-unsaturated/α-hetero) is 1. The molecule has 0 radical (unpaired) electrons. The van der Waals surface area contributed by atoms with Gasteiger partial charge in [-0.05, 0) is 38.0 Å². The maximum atomic E-state index is 11.3. The number of nitrogen functional groups attached to an aromatic ring is 1. The van der Waals surface area contributed by atoms with Gasteiger partial charge in [-0.25, -0.2) is 0 Å². The van der Waals surface area contributed by atoms with Crippen LogP contribution in [-0.4, -0.2) is 24.0 Å². The predicted molar refractivity (Wildman–Crippen MR) is 79.4 cm³/mol. The maximum Gasteiger partial charge on any atom is 0.161 e. The summed E-state index contributed by atoms with van der Waals surface area (Å²) in [5, 5.41) is 12.8. The molecule has 0 aliphatic carbocycles. The Kier molecular flexibility index (Phi) is 5.36. The molecular weight excluding hydrogens is 240 g/mol. The van der Waals surface area contributed by atoms with Crippen molar-refractivity contribution in [2.24, 2.45) is 5.41 Å². The summed E-state index contributed by atoms with van der Waals surface area (Å²) in [6.07, 6.45) is 1.82. The van der Waals surface area contributed by atoms with Crippen LogP contribution in [0.5, 0.6) is 0 Å². The number of nitrogens with one attached hydrogen (secondary N) is 1. The van der Waals surface area contributed by atoms with Crippen molar-refractivity contribution >= 4 is 17.2 Å². The molecule has 0 aliphatic rings. The van der Waals surface area contributed by atoms with Gasteiger partial charge in [0.25, 0.3) is 0 Å². The number of anilines is 2. The van der Waals surface area contributed by atoms with Gasteiger partial charge < -0.3 is 16.2 Å². The molecule has 1 rings (SSSR count). The molecule has 1 aromatic carbocycles. The lowest BCUT2D eigenvalue weighted by molar-refractivity contribution is 0.101. The van der Waals surface area contributed by atoms with Gasteiger partial charge in [-0.2, -0.15) is 0 Å². The van der Waals surface area contributed by atoms with Crippen LogP contribution >= 0.6 is 0 Å². The smallest absolute Gasteiger partial charge is 0.161 e. The third-order valence-electron chi connectivity index (χ3n) is 3.93. The number of carbonyl (C=O) groups excluding carboxylic acids is 1. The number of benzene rings is 1. The molecule has 0 saturated carbocycles. The summed E-state index contributed by atoms with van der Waals surface area (Å²) < 4.78 is 0. The second-order valence-corrected chi connectivity index (χ2v) is 5.08. The average Bonchev–Trinajstić information content (AvgIpc) is 2.40. The molecule has 0 unspecified atom stereocenters. The minimum atomic E-state index is -0.103. The second-order valence-electron chi connectivity index (χ2n) is 5.08. The van der Waals surface area contributed by atoms with E-state index in [4.69, 9.17) is 5.73 Å². The molecular formula is C15H24N2O2. The molecule has 4 heteroatoms. The molecule has 1 aromatic rings. The first-order valence-corrected chi connectivity index (χ1v) is 6.73. The molecule has 0 saturated heterocycles. The Bertz CT molecular complexity index is 432. The van der Waals surface area contributed by atoms with Crippen LogP contribution in [0.2, 0.25) is 0 Å². The number of hydrogen-bond acceptors (Lipinski definition) is 4. The summed E-state index contributed by atoms with van der Waals surface area (Å²) in [7, 11) is 0. The van der Waals surface area contributed by atoms with Crippen molar-refractivity contribution in [3.63, 3.8) is 0 Å². The van der Waals surface area contributed by atoms with Crippen LogP contribution in [0.4, 0.5) is 11.4 Å². The standard InChI is InChI=1S/C15H24N2O2/c1-4-15(5-2,10-18)9-17-12-6-7-13(11(3)19)14(16)8-12/h6-8,17-18H,4-5,9-10,16H2,1-3H3. The number of hydrogen-bond donors (Lipinski definition) is 3. The molecule has 0 aliphatic heterocycles. The predicted octanol–water partition coefficient (Wildman–Crippen LogP) is 2.68. The van der Waals surface area contributed by atoms with Crippen LogP contribution in [0, 0.1) is 5.41 Å². The van der Waals surface area contributed by atoms with Gasteiger partial charge in [-0.15, -0.1) is 0 Å². The molecule has 0 aromatic heterocycles. The van der Waals surface area contributed by atoms with Crippen LogP contribution in [0.15, 0.2) is 18.2 Å². The quantitative estimate of drug-likeness (QED) is 0.523. The van der Waals surface area contributed by atoms with Crippen LogP contribution < -0.4 is 11.1 Å². The summed E-state index contributed by atoms with van der Waals surface area (Å²) in [6.45, 7) is 6.51. The van der Waals surface area contributed by atoms with E-state index >= 15 is 0 Å². The molecule has 0 fully saturated rings. The number of ketones is 1. The minimum absolute atomic E-state index is 0.0316. The molecule has 4 N–H and O–H groups in total. The van der Waals surface area contributed by atoms with E-state index in [1.54, 1.807) is 12.1 Å². The van der Waals surface area contributed by atoms with E-state index in [-0.39, 0.29) is 17.8 Å². The first-order chi connectivity index (χ1) is 8.98. The normalized spacial score (nSPS) is 11.4. The molecule has 4 nitrogen and oxygen atoms in total. The largest absolute Gasteiger partial charge is 0.398 e. The number of nitrogens with two attached hydrogens (primary N) is 1. The summed E-state index contributed by atoms with van der Waals surface area (Å²) >= 11 is 0. The summed E-state index contributed by atoms with van der Waals surface area (Å²) in [6, 6.07) is 5.35. The summed E-state index contributed by atoms with van der Waals surface area (Å²) in [4.78, 5) is 11.3. The molecule has 0 spiro atoms. The van der Waals surface area contributed by atoms with E-state index in [9.17, 15) is 9.90 Å². The summed E-state index contributed by atoms with van der Waals surface area (Å²) in [5.41, 5.74) is 7.66. The number of carbonyl (C=O) groups is 1. The Morgan fingerprint density at radius 3 is 2.42 bits per heavy atom. The van der Waals surface area contributed by atoms with Crippen molar-refractivity contribution in [2.45, 2.75) is 33.6 Å². The number of rotatable bonds is 7. The second kappa shape index (κ2) is 6.57. The first-order valence-electron chi connectivity index (χ1n) is 6.73. The Hall–Kier alpha value is -1.55. The fraction of sp³-hybridized carbons (Fsp3) is 0.533. The highest BCUT2D eigenvalue weighted by atomic mass is 16.3. The van der Waals surface area contributed by atoms with Crippen LogP contribution in [0.25, 0.3) is 0 Å².